The number of β-lactam (4-membered cyclic amide) rings is 1. The zero-order valence-electron chi connectivity index (χ0n) is 17.0. The lowest BCUT2D eigenvalue weighted by Crippen LogP contribution is -2.58. The minimum atomic E-state index is -0.739. The molecule has 30 heavy (non-hydrogen) atoms. The molecule has 1 amide bonds. The van der Waals surface area contributed by atoms with Crippen LogP contribution in [0.5, 0.6) is 0 Å². The Morgan fingerprint density at radius 1 is 1.30 bits per heavy atom. The number of aromatic nitrogens is 4. The molecule has 2 aliphatic heterocycles. The van der Waals surface area contributed by atoms with Crippen molar-refractivity contribution < 1.29 is 29.0 Å². The zero-order chi connectivity index (χ0) is 22.1. The van der Waals surface area contributed by atoms with Crippen molar-refractivity contribution >= 4 is 41.4 Å². The number of aryl methyl sites for hydroxylation is 1. The highest BCUT2D eigenvalue weighted by Gasteiger charge is 2.55. The van der Waals surface area contributed by atoms with Crippen LogP contribution in [0.25, 0.3) is 0 Å². The van der Waals surface area contributed by atoms with Crippen molar-refractivity contribution in [3.05, 3.63) is 10.6 Å². The first-order valence-corrected chi connectivity index (χ1v) is 11.0. The third-order valence-electron chi connectivity index (χ3n) is 4.45. The van der Waals surface area contributed by atoms with Gasteiger partial charge in [0.1, 0.15) is 11.1 Å². The van der Waals surface area contributed by atoms with Crippen molar-refractivity contribution in [3.8, 4) is 0 Å². The van der Waals surface area contributed by atoms with Gasteiger partial charge >= 0.3 is 11.9 Å². The summed E-state index contributed by atoms with van der Waals surface area (Å²) in [6, 6.07) is 0. The van der Waals surface area contributed by atoms with Crippen molar-refractivity contribution in [2.45, 2.75) is 37.7 Å². The van der Waals surface area contributed by atoms with E-state index in [0.29, 0.717) is 22.2 Å². The summed E-state index contributed by atoms with van der Waals surface area (Å²) in [5, 5.41) is 21.0. The molecule has 0 spiro atoms. The van der Waals surface area contributed by atoms with Crippen molar-refractivity contribution in [2.75, 3.05) is 19.2 Å². The van der Waals surface area contributed by atoms with Gasteiger partial charge in [-0.3, -0.25) is 14.5 Å². The van der Waals surface area contributed by atoms with Crippen LogP contribution in [0.3, 0.4) is 0 Å². The Hall–Kier alpha value is -2.12. The second-order valence-corrected chi connectivity index (χ2v) is 9.97. The molecular weight excluding hydrogens is 434 g/mol. The van der Waals surface area contributed by atoms with Gasteiger partial charge < -0.3 is 14.6 Å². The first kappa shape index (κ1) is 22.6. The maximum absolute atomic E-state index is 12.7. The van der Waals surface area contributed by atoms with Crippen LogP contribution >= 0.6 is 23.5 Å². The van der Waals surface area contributed by atoms with Crippen LogP contribution in [0.2, 0.25) is 0 Å². The molecule has 0 radical (unpaired) electrons. The number of nitrogens with zero attached hydrogens (tertiary/aromatic N) is 5. The number of carbonyl (C=O) groups excluding carboxylic acids is 3. The van der Waals surface area contributed by atoms with E-state index < -0.39 is 30.1 Å². The maximum Gasteiger partial charge on any atom is 0.358 e. The number of hydrogen-bond donors (Lipinski definition) is 1. The molecule has 0 aliphatic carbocycles. The maximum atomic E-state index is 12.7. The molecule has 1 aromatic rings. The summed E-state index contributed by atoms with van der Waals surface area (Å²) in [5.41, 5.74) is -0.582. The van der Waals surface area contributed by atoms with Crippen LogP contribution in [0.15, 0.2) is 15.8 Å². The lowest BCUT2D eigenvalue weighted by molar-refractivity contribution is -0.173. The van der Waals surface area contributed by atoms with Crippen molar-refractivity contribution in [1.29, 1.82) is 0 Å². The van der Waals surface area contributed by atoms with Gasteiger partial charge in [0.15, 0.2) is 0 Å². The van der Waals surface area contributed by atoms with E-state index in [-0.39, 0.29) is 23.6 Å². The molecule has 13 heteroatoms. The SMILES string of the molecule is Cn1nnnc1SCCC1=C(C(=O)OCOC(=O)C(C)(C)C)N2C(=O)[C@H](CO)[C@H]2S1. The van der Waals surface area contributed by atoms with Crippen LogP contribution in [0.1, 0.15) is 27.2 Å². The number of allylic oxidation sites excluding steroid dienone is 1. The normalized spacial score (nSPS) is 20.8. The molecule has 0 bridgehead atoms. The molecule has 2 atom stereocenters. The number of rotatable bonds is 8. The molecule has 164 valence electrons. The van der Waals surface area contributed by atoms with Crippen molar-refractivity contribution in [1.82, 2.24) is 25.1 Å². The Bertz CT molecular complexity index is 880. The van der Waals surface area contributed by atoms with Gasteiger partial charge in [-0.05, 0) is 37.6 Å². The zero-order valence-corrected chi connectivity index (χ0v) is 18.7. The van der Waals surface area contributed by atoms with Gasteiger partial charge in [0.25, 0.3) is 0 Å². The van der Waals surface area contributed by atoms with Gasteiger partial charge in [-0.1, -0.05) is 11.8 Å². The molecule has 11 nitrogen and oxygen atoms in total. The smallest absolute Gasteiger partial charge is 0.358 e. The molecule has 1 aromatic heterocycles. The molecule has 0 unspecified atom stereocenters. The third-order valence-corrected chi connectivity index (χ3v) is 6.92. The van der Waals surface area contributed by atoms with E-state index in [2.05, 4.69) is 15.5 Å². The first-order valence-electron chi connectivity index (χ1n) is 9.18. The largest absolute Gasteiger partial charge is 0.427 e. The topological polar surface area (TPSA) is 137 Å². The number of aliphatic hydroxyl groups excluding tert-OH is 1. The van der Waals surface area contributed by atoms with Crippen molar-refractivity contribution in [3.63, 3.8) is 0 Å². The van der Waals surface area contributed by atoms with E-state index in [1.54, 1.807) is 27.8 Å². The lowest BCUT2D eigenvalue weighted by Gasteiger charge is -2.41. The monoisotopic (exact) mass is 457 g/mol. The Labute approximate surface area is 181 Å². The summed E-state index contributed by atoms with van der Waals surface area (Å²) in [6.07, 6.45) is 0.479. The predicted octanol–water partition coefficient (Wildman–Crippen LogP) is 0.517. The standard InChI is InChI=1S/C17H23N5O6S2/c1-17(2,3)15(26)28-8-27-14(25)11-10(5-6-29-16-18-19-20-21(16)4)30-13-9(7-23)12(24)22(11)13/h9,13,23H,5-8H2,1-4H3/t9-,13+/m0/s1. The molecule has 2 aliphatic rings. The van der Waals surface area contributed by atoms with Crippen molar-refractivity contribution in [2.24, 2.45) is 18.4 Å². The molecule has 1 N–H and O–H groups in total. The quantitative estimate of drug-likeness (QED) is 0.253. The third kappa shape index (κ3) is 4.47. The summed E-state index contributed by atoms with van der Waals surface area (Å²) in [7, 11) is 1.73. The number of amides is 1. The highest BCUT2D eigenvalue weighted by atomic mass is 32.2. The Morgan fingerprint density at radius 2 is 2.03 bits per heavy atom. The fourth-order valence-electron chi connectivity index (χ4n) is 2.79. The summed E-state index contributed by atoms with van der Waals surface area (Å²) >= 11 is 2.78. The number of thioether (sulfide) groups is 2. The van der Waals surface area contributed by atoms with Gasteiger partial charge in [-0.15, -0.1) is 16.9 Å². The van der Waals surface area contributed by atoms with Crippen LogP contribution in [-0.2, 0) is 30.9 Å². The van der Waals surface area contributed by atoms with Gasteiger partial charge in [0, 0.05) is 17.7 Å². The highest BCUT2D eigenvalue weighted by Crippen LogP contribution is 2.50. The second-order valence-electron chi connectivity index (χ2n) is 7.69. The van der Waals surface area contributed by atoms with E-state index in [4.69, 9.17) is 9.47 Å². The predicted molar refractivity (Wildman–Crippen MR) is 106 cm³/mol. The fraction of sp³-hybridized carbons (Fsp3) is 0.647. The van der Waals surface area contributed by atoms with E-state index in [1.807, 2.05) is 0 Å². The molecule has 1 saturated heterocycles. The summed E-state index contributed by atoms with van der Waals surface area (Å²) < 4.78 is 11.6. The first-order chi connectivity index (χ1) is 14.1. The van der Waals surface area contributed by atoms with Crippen LogP contribution < -0.4 is 0 Å². The number of aliphatic hydroxyl groups is 1. The van der Waals surface area contributed by atoms with E-state index in [9.17, 15) is 19.5 Å². The average Bonchev–Trinajstić information content (AvgIpc) is 3.23. The van der Waals surface area contributed by atoms with Gasteiger partial charge in [0.2, 0.25) is 17.9 Å². The Morgan fingerprint density at radius 3 is 2.63 bits per heavy atom. The summed E-state index contributed by atoms with van der Waals surface area (Å²) in [5.74, 6) is -1.54. The molecule has 1 fully saturated rings. The van der Waals surface area contributed by atoms with E-state index in [0.717, 1.165) is 0 Å². The van der Waals surface area contributed by atoms with Crippen LogP contribution in [-0.4, -0.2) is 72.6 Å². The van der Waals surface area contributed by atoms with E-state index >= 15 is 0 Å². The minimum Gasteiger partial charge on any atom is -0.427 e. The Kier molecular flexibility index (Phi) is 6.72. The number of ether oxygens (including phenoxy) is 2. The molecule has 0 aromatic carbocycles. The lowest BCUT2D eigenvalue weighted by atomic mass is 9.98. The molecule has 3 rings (SSSR count). The molecular formula is C17H23N5O6S2. The van der Waals surface area contributed by atoms with Gasteiger partial charge in [-0.2, -0.15) is 0 Å². The molecule has 3 heterocycles. The summed E-state index contributed by atoms with van der Waals surface area (Å²) in [4.78, 5) is 38.9. The van der Waals surface area contributed by atoms with Crippen LogP contribution in [0.4, 0.5) is 0 Å². The average molecular weight is 458 g/mol. The van der Waals surface area contributed by atoms with E-state index in [1.165, 1.54) is 33.1 Å². The second kappa shape index (κ2) is 8.94. The van der Waals surface area contributed by atoms with Crippen LogP contribution in [0, 0.1) is 11.3 Å². The molecule has 0 saturated carbocycles. The number of esters is 2. The highest BCUT2D eigenvalue weighted by molar-refractivity contribution is 8.04. The number of hydrogen-bond acceptors (Lipinski definition) is 11. The van der Waals surface area contributed by atoms with Gasteiger partial charge in [0.05, 0.1) is 17.9 Å². The number of carbonyl (C=O) groups is 3. The number of tetrazole rings is 1. The summed E-state index contributed by atoms with van der Waals surface area (Å²) in [6.45, 7) is 4.24. The number of fused-ring (bicyclic) bond motifs is 1. The fourth-order valence-corrected chi connectivity index (χ4v) is 5.21. The minimum absolute atomic E-state index is 0.142. The van der Waals surface area contributed by atoms with Gasteiger partial charge in [-0.25, -0.2) is 9.48 Å². The Balaban J connectivity index is 1.66.